The van der Waals surface area contributed by atoms with Crippen molar-refractivity contribution in [2.75, 3.05) is 6.54 Å². The summed E-state index contributed by atoms with van der Waals surface area (Å²) in [4.78, 5) is 31.7. The van der Waals surface area contributed by atoms with Gasteiger partial charge in [-0.2, -0.15) is 0 Å². The fourth-order valence-corrected chi connectivity index (χ4v) is 1.91. The molecule has 1 rings (SSSR count). The van der Waals surface area contributed by atoms with Crippen molar-refractivity contribution in [1.82, 2.24) is 0 Å². The minimum Gasteiger partial charge on any atom is -0.303 e. The van der Waals surface area contributed by atoms with Gasteiger partial charge < -0.3 is 4.79 Å². The molecule has 0 fully saturated rings. The molecular formula is C12H14N2O5. The highest BCUT2D eigenvalue weighted by Gasteiger charge is 2.38. The lowest BCUT2D eigenvalue weighted by Gasteiger charge is -2.26. The summed E-state index contributed by atoms with van der Waals surface area (Å²) < 4.78 is 0. The van der Waals surface area contributed by atoms with E-state index in [-0.39, 0.29) is 11.3 Å². The number of carbonyl (C=O) groups is 1. The first-order chi connectivity index (χ1) is 8.79. The van der Waals surface area contributed by atoms with E-state index in [1.165, 1.54) is 32.0 Å². The molecular weight excluding hydrogens is 252 g/mol. The van der Waals surface area contributed by atoms with Crippen LogP contribution in [0.1, 0.15) is 25.3 Å². The molecule has 1 atom stereocenters. The Kier molecular flexibility index (Phi) is 4.31. The van der Waals surface area contributed by atoms with Crippen LogP contribution in [-0.4, -0.2) is 22.7 Å². The Bertz CT molecular complexity index is 513. The Labute approximate surface area is 109 Å². The summed E-state index contributed by atoms with van der Waals surface area (Å²) in [5, 5.41) is 21.7. The highest BCUT2D eigenvalue weighted by Crippen LogP contribution is 2.38. The van der Waals surface area contributed by atoms with E-state index < -0.39 is 27.7 Å². The number of nitro groups is 2. The molecule has 102 valence electrons. The summed E-state index contributed by atoms with van der Waals surface area (Å²) >= 11 is 0. The van der Waals surface area contributed by atoms with Gasteiger partial charge in [0.05, 0.1) is 10.8 Å². The zero-order chi connectivity index (χ0) is 14.6. The lowest BCUT2D eigenvalue weighted by Crippen LogP contribution is -2.30. The van der Waals surface area contributed by atoms with Crippen LogP contribution < -0.4 is 0 Å². The zero-order valence-corrected chi connectivity index (χ0v) is 10.6. The summed E-state index contributed by atoms with van der Waals surface area (Å²) in [6.45, 7) is 2.53. The van der Waals surface area contributed by atoms with Crippen molar-refractivity contribution in [3.8, 4) is 0 Å². The van der Waals surface area contributed by atoms with E-state index in [4.69, 9.17) is 0 Å². The lowest BCUT2D eigenvalue weighted by molar-refractivity contribution is -0.486. The number of para-hydroxylation sites is 1. The number of carbonyl (C=O) groups excluding carboxylic acids is 1. The maximum atomic E-state index is 11.1. The van der Waals surface area contributed by atoms with Crippen molar-refractivity contribution >= 4 is 12.0 Å². The van der Waals surface area contributed by atoms with Crippen molar-refractivity contribution < 1.29 is 14.6 Å². The zero-order valence-electron chi connectivity index (χ0n) is 10.6. The maximum Gasteiger partial charge on any atom is 0.273 e. The van der Waals surface area contributed by atoms with Gasteiger partial charge in [-0.25, -0.2) is 0 Å². The van der Waals surface area contributed by atoms with Crippen molar-refractivity contribution in [3.05, 3.63) is 50.1 Å². The van der Waals surface area contributed by atoms with Crippen LogP contribution in [0.2, 0.25) is 0 Å². The molecule has 1 aromatic rings. The minimum atomic E-state index is -1.06. The third kappa shape index (κ3) is 3.34. The first-order valence-electron chi connectivity index (χ1n) is 5.61. The van der Waals surface area contributed by atoms with Gasteiger partial charge in [-0.3, -0.25) is 20.2 Å². The Morgan fingerprint density at radius 1 is 1.26 bits per heavy atom. The van der Waals surface area contributed by atoms with Crippen LogP contribution >= 0.6 is 0 Å². The Morgan fingerprint density at radius 2 is 1.84 bits per heavy atom. The molecule has 19 heavy (non-hydrogen) atoms. The summed E-state index contributed by atoms with van der Waals surface area (Å²) in [7, 11) is 0. The predicted octanol–water partition coefficient (Wildman–Crippen LogP) is 2.18. The van der Waals surface area contributed by atoms with Gasteiger partial charge in [-0.1, -0.05) is 32.0 Å². The average molecular weight is 266 g/mol. The molecule has 0 spiro atoms. The Balaban J connectivity index is 3.37. The summed E-state index contributed by atoms with van der Waals surface area (Å²) in [5.41, 5.74) is -1.05. The summed E-state index contributed by atoms with van der Waals surface area (Å²) in [6, 6.07) is 5.79. The van der Waals surface area contributed by atoms with Gasteiger partial charge in [0.25, 0.3) is 5.69 Å². The summed E-state index contributed by atoms with van der Waals surface area (Å²) in [5.74, 6) is -0.846. The second kappa shape index (κ2) is 5.55. The fourth-order valence-electron chi connectivity index (χ4n) is 1.91. The first-order valence-corrected chi connectivity index (χ1v) is 5.61. The van der Waals surface area contributed by atoms with Crippen molar-refractivity contribution in [2.45, 2.75) is 19.8 Å². The Hall–Kier alpha value is -2.31. The summed E-state index contributed by atoms with van der Waals surface area (Å²) in [6.07, 6.45) is 0.595. The van der Waals surface area contributed by atoms with Gasteiger partial charge in [-0.15, -0.1) is 0 Å². The van der Waals surface area contributed by atoms with Gasteiger partial charge in [0, 0.05) is 22.0 Å². The van der Waals surface area contributed by atoms with Gasteiger partial charge >= 0.3 is 0 Å². The van der Waals surface area contributed by atoms with E-state index in [1.54, 1.807) is 6.07 Å². The molecule has 0 amide bonds. The highest BCUT2D eigenvalue weighted by atomic mass is 16.6. The third-order valence-corrected chi connectivity index (χ3v) is 3.04. The van der Waals surface area contributed by atoms with E-state index in [0.29, 0.717) is 6.29 Å². The van der Waals surface area contributed by atoms with Crippen LogP contribution in [0.5, 0.6) is 0 Å². The number of hydrogen-bond donors (Lipinski definition) is 0. The molecule has 0 saturated heterocycles. The molecule has 0 saturated carbocycles. The van der Waals surface area contributed by atoms with E-state index in [1.807, 2.05) is 0 Å². The number of nitrogens with zero attached hydrogens (tertiary/aromatic N) is 2. The standard InChI is InChI=1S/C12H14N2O5/c1-12(2,8-15)10(7-13(16)17)9-5-3-4-6-11(9)14(18)19/h3-6,8,10H,7H2,1-2H3/t10-/m1/s1. The highest BCUT2D eigenvalue weighted by molar-refractivity contribution is 5.62. The number of rotatable bonds is 6. The van der Waals surface area contributed by atoms with E-state index in [2.05, 4.69) is 0 Å². The molecule has 0 bridgehead atoms. The SMILES string of the molecule is CC(C)(C=O)[C@H](C[N+](=O)[O-])c1ccccc1[N+](=O)[O-]. The Morgan fingerprint density at radius 3 is 2.32 bits per heavy atom. The first kappa shape index (κ1) is 14.7. The fraction of sp³-hybridized carbons (Fsp3) is 0.417. The molecule has 0 N–H and O–H groups in total. The van der Waals surface area contributed by atoms with Crippen LogP contribution in [0.3, 0.4) is 0 Å². The average Bonchev–Trinajstić information content (AvgIpc) is 2.35. The number of aldehydes is 1. The molecule has 0 aliphatic rings. The quantitative estimate of drug-likeness (QED) is 0.446. The van der Waals surface area contributed by atoms with Gasteiger partial charge in [0.1, 0.15) is 6.29 Å². The predicted molar refractivity (Wildman–Crippen MR) is 67.5 cm³/mol. The molecule has 0 radical (unpaired) electrons. The normalized spacial score (nSPS) is 12.7. The monoisotopic (exact) mass is 266 g/mol. The van der Waals surface area contributed by atoms with Crippen LogP contribution in [0.15, 0.2) is 24.3 Å². The number of nitro benzene ring substituents is 1. The molecule has 0 aromatic heterocycles. The third-order valence-electron chi connectivity index (χ3n) is 3.04. The molecule has 7 nitrogen and oxygen atoms in total. The van der Waals surface area contributed by atoms with Gasteiger partial charge in [0.2, 0.25) is 6.54 Å². The van der Waals surface area contributed by atoms with Crippen LogP contribution in [0, 0.1) is 25.6 Å². The van der Waals surface area contributed by atoms with Crippen LogP contribution in [0.25, 0.3) is 0 Å². The molecule has 1 aromatic carbocycles. The van der Waals surface area contributed by atoms with Crippen molar-refractivity contribution in [2.24, 2.45) is 5.41 Å². The lowest BCUT2D eigenvalue weighted by atomic mass is 9.75. The van der Waals surface area contributed by atoms with Gasteiger partial charge in [0.15, 0.2) is 0 Å². The smallest absolute Gasteiger partial charge is 0.273 e. The molecule has 0 aliphatic heterocycles. The maximum absolute atomic E-state index is 11.1. The van der Waals surface area contributed by atoms with Gasteiger partial charge in [-0.05, 0) is 0 Å². The topological polar surface area (TPSA) is 103 Å². The van der Waals surface area contributed by atoms with Crippen LogP contribution in [-0.2, 0) is 4.79 Å². The van der Waals surface area contributed by atoms with Crippen LogP contribution in [0.4, 0.5) is 5.69 Å². The van der Waals surface area contributed by atoms with E-state index >= 15 is 0 Å². The largest absolute Gasteiger partial charge is 0.303 e. The molecule has 0 unspecified atom stereocenters. The van der Waals surface area contributed by atoms with E-state index in [9.17, 15) is 25.0 Å². The molecule has 0 heterocycles. The molecule has 0 aliphatic carbocycles. The number of benzene rings is 1. The van der Waals surface area contributed by atoms with Crippen molar-refractivity contribution in [1.29, 1.82) is 0 Å². The second-order valence-corrected chi connectivity index (χ2v) is 4.82. The minimum absolute atomic E-state index is 0.204. The molecule has 7 heteroatoms. The van der Waals surface area contributed by atoms with E-state index in [0.717, 1.165) is 0 Å². The number of hydrogen-bond acceptors (Lipinski definition) is 5. The second-order valence-electron chi connectivity index (χ2n) is 4.82. The van der Waals surface area contributed by atoms with Crippen molar-refractivity contribution in [3.63, 3.8) is 0 Å².